The number of nitrogens with zero attached hydrogens (tertiary/aromatic N) is 1. The van der Waals surface area contributed by atoms with Crippen molar-refractivity contribution in [2.75, 3.05) is 12.0 Å². The molecule has 1 aliphatic rings. The molecule has 144 valence electrons. The molecule has 5 nitrogen and oxygen atoms in total. The zero-order valence-electron chi connectivity index (χ0n) is 15.8. The Morgan fingerprint density at radius 2 is 1.45 bits per heavy atom. The minimum atomic E-state index is -0.722. The van der Waals surface area contributed by atoms with Crippen molar-refractivity contribution in [2.24, 2.45) is 0 Å². The second-order valence-corrected chi connectivity index (χ2v) is 6.64. The number of benzene rings is 3. The number of carbonyl (C=O) groups is 2. The van der Waals surface area contributed by atoms with Crippen LogP contribution in [0.1, 0.15) is 17.2 Å². The number of anilines is 1. The number of amides is 1. The molecule has 1 unspecified atom stereocenters. The molecule has 1 amide bonds. The molecule has 5 heteroatoms. The molecule has 0 saturated carbocycles. The Balaban J connectivity index is 1.91. The van der Waals surface area contributed by atoms with E-state index in [9.17, 15) is 14.7 Å². The molecule has 29 heavy (non-hydrogen) atoms. The van der Waals surface area contributed by atoms with E-state index in [4.69, 9.17) is 4.74 Å². The summed E-state index contributed by atoms with van der Waals surface area (Å²) >= 11 is 0. The number of para-hydroxylation sites is 1. The van der Waals surface area contributed by atoms with Crippen LogP contribution < -0.4 is 9.64 Å². The summed E-state index contributed by atoms with van der Waals surface area (Å²) in [6.07, 6.45) is 0. The van der Waals surface area contributed by atoms with Gasteiger partial charge in [0.05, 0.1) is 18.7 Å². The number of carbonyl (C=O) groups excluding carboxylic acids is 2. The van der Waals surface area contributed by atoms with Crippen LogP contribution in [0.2, 0.25) is 0 Å². The van der Waals surface area contributed by atoms with Crippen LogP contribution in [0.3, 0.4) is 0 Å². The number of aliphatic hydroxyl groups is 1. The number of ketones is 1. The molecule has 1 fully saturated rings. The standard InChI is InChI=1S/C24H19NO4/c1-29-19-14-12-17(13-15-19)22(26)20-21(16-8-4-2-5-9-16)25(24(28)23(20)27)18-10-6-3-7-11-18/h2-15,21,26H,1H3/b22-20-. The molecule has 0 bridgehead atoms. The SMILES string of the molecule is COc1ccc(/C(O)=C2/C(=O)C(=O)N(c3ccccc3)C2c2ccccc2)cc1. The molecule has 0 aliphatic carbocycles. The first-order chi connectivity index (χ1) is 14.1. The van der Waals surface area contributed by atoms with E-state index < -0.39 is 17.7 Å². The molecular formula is C24H19NO4. The third kappa shape index (κ3) is 3.27. The Labute approximate surface area is 168 Å². The van der Waals surface area contributed by atoms with Crippen molar-refractivity contribution in [1.82, 2.24) is 0 Å². The Hall–Kier alpha value is -3.86. The third-order valence-corrected chi connectivity index (χ3v) is 4.96. The molecule has 0 radical (unpaired) electrons. The maximum atomic E-state index is 13.0. The van der Waals surface area contributed by atoms with Crippen LogP contribution in [0.25, 0.3) is 5.76 Å². The smallest absolute Gasteiger partial charge is 0.300 e. The number of Topliss-reactive ketones (excluding diaryl/α,β-unsaturated/α-hetero) is 1. The van der Waals surface area contributed by atoms with Gasteiger partial charge in [-0.1, -0.05) is 48.5 Å². The minimum Gasteiger partial charge on any atom is -0.507 e. The maximum absolute atomic E-state index is 13.0. The Bertz CT molecular complexity index is 1070. The van der Waals surface area contributed by atoms with Gasteiger partial charge in [0.15, 0.2) is 0 Å². The molecular weight excluding hydrogens is 366 g/mol. The second kappa shape index (κ2) is 7.64. The lowest BCUT2D eigenvalue weighted by atomic mass is 9.95. The van der Waals surface area contributed by atoms with Crippen LogP contribution in [0, 0.1) is 0 Å². The predicted octanol–water partition coefficient (Wildman–Crippen LogP) is 4.32. The number of hydrogen-bond donors (Lipinski definition) is 1. The molecule has 4 rings (SSSR count). The van der Waals surface area contributed by atoms with E-state index in [1.54, 1.807) is 55.6 Å². The van der Waals surface area contributed by atoms with E-state index >= 15 is 0 Å². The average molecular weight is 385 g/mol. The number of aliphatic hydroxyl groups excluding tert-OH is 1. The first-order valence-electron chi connectivity index (χ1n) is 9.17. The molecule has 0 spiro atoms. The average Bonchev–Trinajstić information content (AvgIpc) is 3.05. The Kier molecular flexibility index (Phi) is 4.87. The Morgan fingerprint density at radius 1 is 0.862 bits per heavy atom. The fourth-order valence-corrected chi connectivity index (χ4v) is 3.54. The largest absolute Gasteiger partial charge is 0.507 e. The second-order valence-electron chi connectivity index (χ2n) is 6.64. The van der Waals surface area contributed by atoms with Crippen molar-refractivity contribution in [3.8, 4) is 5.75 Å². The molecule has 1 aliphatic heterocycles. The highest BCUT2D eigenvalue weighted by Crippen LogP contribution is 2.42. The van der Waals surface area contributed by atoms with Crippen molar-refractivity contribution in [3.05, 3.63) is 102 Å². The summed E-state index contributed by atoms with van der Waals surface area (Å²) in [6, 6.07) is 24.2. The lowest BCUT2D eigenvalue weighted by molar-refractivity contribution is -0.132. The number of ether oxygens (including phenoxy) is 1. The van der Waals surface area contributed by atoms with Gasteiger partial charge in [-0.25, -0.2) is 0 Å². The summed E-state index contributed by atoms with van der Waals surface area (Å²) in [4.78, 5) is 27.4. The number of hydrogen-bond acceptors (Lipinski definition) is 4. The first kappa shape index (κ1) is 18.5. The van der Waals surface area contributed by atoms with Crippen LogP contribution in [-0.2, 0) is 9.59 Å². The van der Waals surface area contributed by atoms with Crippen molar-refractivity contribution >= 4 is 23.1 Å². The molecule has 1 atom stereocenters. The summed E-state index contributed by atoms with van der Waals surface area (Å²) in [5.74, 6) is -0.958. The van der Waals surface area contributed by atoms with Crippen LogP contribution >= 0.6 is 0 Å². The van der Waals surface area contributed by atoms with Gasteiger partial charge in [-0.15, -0.1) is 0 Å². The molecule has 0 aromatic heterocycles. The van der Waals surface area contributed by atoms with E-state index in [1.165, 1.54) is 4.90 Å². The molecule has 1 saturated heterocycles. The fourth-order valence-electron chi connectivity index (χ4n) is 3.54. The van der Waals surface area contributed by atoms with Crippen molar-refractivity contribution in [2.45, 2.75) is 6.04 Å². The molecule has 3 aromatic carbocycles. The predicted molar refractivity (Wildman–Crippen MR) is 111 cm³/mol. The van der Waals surface area contributed by atoms with E-state index in [0.717, 1.165) is 5.56 Å². The van der Waals surface area contributed by atoms with Gasteiger partial charge < -0.3 is 9.84 Å². The van der Waals surface area contributed by atoms with E-state index in [0.29, 0.717) is 17.0 Å². The highest BCUT2D eigenvalue weighted by molar-refractivity contribution is 6.51. The highest BCUT2D eigenvalue weighted by Gasteiger charge is 2.46. The summed E-state index contributed by atoms with van der Waals surface area (Å²) in [7, 11) is 1.55. The number of rotatable bonds is 4. The van der Waals surface area contributed by atoms with Gasteiger partial charge in [-0.2, -0.15) is 0 Å². The maximum Gasteiger partial charge on any atom is 0.300 e. The van der Waals surface area contributed by atoms with Gasteiger partial charge in [0.1, 0.15) is 11.5 Å². The topological polar surface area (TPSA) is 66.8 Å². The van der Waals surface area contributed by atoms with Gasteiger partial charge in [0.2, 0.25) is 0 Å². The minimum absolute atomic E-state index is 0.0650. The van der Waals surface area contributed by atoms with Crippen molar-refractivity contribution in [3.63, 3.8) is 0 Å². The van der Waals surface area contributed by atoms with Crippen LogP contribution in [0.4, 0.5) is 5.69 Å². The van der Waals surface area contributed by atoms with Crippen LogP contribution in [0.5, 0.6) is 5.75 Å². The highest BCUT2D eigenvalue weighted by atomic mass is 16.5. The van der Waals surface area contributed by atoms with Crippen LogP contribution in [-0.4, -0.2) is 23.9 Å². The van der Waals surface area contributed by atoms with Crippen LogP contribution in [0.15, 0.2) is 90.5 Å². The van der Waals surface area contributed by atoms with E-state index in [2.05, 4.69) is 0 Å². The third-order valence-electron chi connectivity index (χ3n) is 4.96. The van der Waals surface area contributed by atoms with E-state index in [-0.39, 0.29) is 11.3 Å². The monoisotopic (exact) mass is 385 g/mol. The quantitative estimate of drug-likeness (QED) is 0.413. The molecule has 3 aromatic rings. The van der Waals surface area contributed by atoms with Gasteiger partial charge in [0.25, 0.3) is 11.7 Å². The summed E-state index contributed by atoms with van der Waals surface area (Å²) in [5.41, 5.74) is 1.84. The van der Waals surface area contributed by atoms with Gasteiger partial charge in [-0.05, 0) is 42.0 Å². The Morgan fingerprint density at radius 3 is 2.03 bits per heavy atom. The molecule has 1 heterocycles. The van der Waals surface area contributed by atoms with Gasteiger partial charge in [-0.3, -0.25) is 14.5 Å². The lowest BCUT2D eigenvalue weighted by Crippen LogP contribution is -2.29. The van der Waals surface area contributed by atoms with Gasteiger partial charge in [0, 0.05) is 11.3 Å². The zero-order chi connectivity index (χ0) is 20.4. The van der Waals surface area contributed by atoms with Gasteiger partial charge >= 0.3 is 0 Å². The normalized spacial score (nSPS) is 18.1. The summed E-state index contributed by atoms with van der Waals surface area (Å²) in [6.45, 7) is 0. The molecule has 1 N–H and O–H groups in total. The lowest BCUT2D eigenvalue weighted by Gasteiger charge is -2.25. The van der Waals surface area contributed by atoms with Crippen molar-refractivity contribution < 1.29 is 19.4 Å². The number of methoxy groups -OCH3 is 1. The van der Waals surface area contributed by atoms with Crippen molar-refractivity contribution in [1.29, 1.82) is 0 Å². The first-order valence-corrected chi connectivity index (χ1v) is 9.17. The zero-order valence-corrected chi connectivity index (χ0v) is 15.8. The summed E-state index contributed by atoms with van der Waals surface area (Å²) in [5, 5.41) is 11.0. The fraction of sp³-hybridized carbons (Fsp3) is 0.0833. The summed E-state index contributed by atoms with van der Waals surface area (Å²) < 4.78 is 5.15. The van der Waals surface area contributed by atoms with E-state index in [1.807, 2.05) is 36.4 Å².